The third kappa shape index (κ3) is 3.65. The van der Waals surface area contributed by atoms with Crippen molar-refractivity contribution in [2.24, 2.45) is 0 Å². The van der Waals surface area contributed by atoms with E-state index in [1.54, 1.807) is 25.3 Å². The van der Waals surface area contributed by atoms with Crippen LogP contribution in [-0.2, 0) is 17.6 Å². The van der Waals surface area contributed by atoms with E-state index in [1.807, 2.05) is 13.0 Å². The van der Waals surface area contributed by atoms with Crippen LogP contribution in [0.15, 0.2) is 36.4 Å². The van der Waals surface area contributed by atoms with Crippen LogP contribution in [0.25, 0.3) is 0 Å². The number of hydrogen-bond donors (Lipinski definition) is 2. The van der Waals surface area contributed by atoms with Crippen molar-refractivity contribution in [3.63, 3.8) is 0 Å². The van der Waals surface area contributed by atoms with Gasteiger partial charge < -0.3 is 15.4 Å². The normalized spacial score (nSPS) is 14.0. The molecule has 1 aliphatic rings. The first-order valence-electron chi connectivity index (χ1n) is 8.09. The van der Waals surface area contributed by atoms with Crippen LogP contribution in [-0.4, -0.2) is 19.1 Å². The molecule has 1 amide bonds. The van der Waals surface area contributed by atoms with Crippen molar-refractivity contribution in [3.05, 3.63) is 52.5 Å². The van der Waals surface area contributed by atoms with Gasteiger partial charge in [-0.3, -0.25) is 4.79 Å². The van der Waals surface area contributed by atoms with E-state index in [9.17, 15) is 4.79 Å². The number of ether oxygens (including phenoxy) is 1. The van der Waals surface area contributed by atoms with Crippen molar-refractivity contribution in [1.29, 1.82) is 0 Å². The number of anilines is 2. The minimum Gasteiger partial charge on any atom is -0.495 e. The van der Waals surface area contributed by atoms with Crippen LogP contribution >= 0.6 is 11.6 Å². The molecule has 0 saturated carbocycles. The fourth-order valence-corrected chi connectivity index (χ4v) is 3.23. The number of carbonyl (C=O) groups is 1. The first-order chi connectivity index (χ1) is 11.6. The summed E-state index contributed by atoms with van der Waals surface area (Å²) in [6, 6.07) is 11.2. The predicted octanol–water partition coefficient (Wildman–Crippen LogP) is 4.28. The third-order valence-corrected chi connectivity index (χ3v) is 4.59. The fourth-order valence-electron chi connectivity index (χ4n) is 2.97. The molecule has 0 heterocycles. The summed E-state index contributed by atoms with van der Waals surface area (Å²) in [6.07, 6.45) is 3.49. The molecule has 0 unspecified atom stereocenters. The SMILES string of the molecule is COc1ccc(NC(=O)[C@@H](C)Nc2ccc3c(c2)CCC3)cc1Cl. The van der Waals surface area contributed by atoms with Gasteiger partial charge in [0.05, 0.1) is 12.1 Å². The van der Waals surface area contributed by atoms with E-state index in [1.165, 1.54) is 17.5 Å². The molecule has 2 aromatic rings. The number of carbonyl (C=O) groups excluding carboxylic acids is 1. The Balaban J connectivity index is 1.63. The Morgan fingerprint density at radius 2 is 1.88 bits per heavy atom. The Kier molecular flexibility index (Phi) is 4.95. The van der Waals surface area contributed by atoms with Gasteiger partial charge >= 0.3 is 0 Å². The van der Waals surface area contributed by atoms with Crippen molar-refractivity contribution < 1.29 is 9.53 Å². The lowest BCUT2D eigenvalue weighted by Gasteiger charge is -2.16. The van der Waals surface area contributed by atoms with Gasteiger partial charge in [0.25, 0.3) is 0 Å². The van der Waals surface area contributed by atoms with E-state index in [-0.39, 0.29) is 11.9 Å². The molecular formula is C19H21ClN2O2. The molecule has 2 N–H and O–H groups in total. The minimum atomic E-state index is -0.356. The van der Waals surface area contributed by atoms with Crippen molar-refractivity contribution in [2.45, 2.75) is 32.2 Å². The molecule has 0 spiro atoms. The molecule has 0 fully saturated rings. The summed E-state index contributed by atoms with van der Waals surface area (Å²) < 4.78 is 5.11. The summed E-state index contributed by atoms with van der Waals surface area (Å²) >= 11 is 6.08. The Bertz CT molecular complexity index is 761. The zero-order chi connectivity index (χ0) is 17.1. The second-order valence-electron chi connectivity index (χ2n) is 6.04. The molecule has 24 heavy (non-hydrogen) atoms. The Labute approximate surface area is 147 Å². The van der Waals surface area contributed by atoms with Crippen molar-refractivity contribution in [3.8, 4) is 5.75 Å². The molecule has 1 aliphatic carbocycles. The lowest BCUT2D eigenvalue weighted by molar-refractivity contribution is -0.116. The third-order valence-electron chi connectivity index (χ3n) is 4.29. The number of rotatable bonds is 5. The molecule has 0 bridgehead atoms. The quantitative estimate of drug-likeness (QED) is 0.851. The maximum atomic E-state index is 12.4. The van der Waals surface area contributed by atoms with Crippen molar-refractivity contribution >= 4 is 28.9 Å². The molecule has 2 aromatic carbocycles. The first kappa shape index (κ1) is 16.7. The second kappa shape index (κ2) is 7.14. The lowest BCUT2D eigenvalue weighted by atomic mass is 10.1. The number of halogens is 1. The molecule has 0 radical (unpaired) electrons. The van der Waals surface area contributed by atoms with Crippen molar-refractivity contribution in [2.75, 3.05) is 17.7 Å². The van der Waals surface area contributed by atoms with E-state index in [4.69, 9.17) is 16.3 Å². The van der Waals surface area contributed by atoms with Crippen LogP contribution in [0.2, 0.25) is 5.02 Å². The van der Waals surface area contributed by atoms with Gasteiger partial charge in [0.1, 0.15) is 11.8 Å². The standard InChI is InChI=1S/C19H21ClN2O2/c1-12(21-15-7-6-13-4-3-5-14(13)10-15)19(23)22-16-8-9-18(24-2)17(20)11-16/h6-12,21H,3-5H2,1-2H3,(H,22,23)/t12-/m1/s1. The average molecular weight is 345 g/mol. The van der Waals surface area contributed by atoms with Gasteiger partial charge in [0, 0.05) is 11.4 Å². The Hall–Kier alpha value is -2.20. The molecule has 0 aliphatic heterocycles. The number of aryl methyl sites for hydroxylation is 2. The highest BCUT2D eigenvalue weighted by Crippen LogP contribution is 2.28. The smallest absolute Gasteiger partial charge is 0.246 e. The maximum Gasteiger partial charge on any atom is 0.246 e. The topological polar surface area (TPSA) is 50.4 Å². The minimum absolute atomic E-state index is 0.114. The average Bonchev–Trinajstić information content (AvgIpc) is 3.02. The van der Waals surface area contributed by atoms with E-state index in [2.05, 4.69) is 22.8 Å². The Morgan fingerprint density at radius 3 is 2.62 bits per heavy atom. The lowest BCUT2D eigenvalue weighted by Crippen LogP contribution is -2.31. The number of amides is 1. The van der Waals surface area contributed by atoms with Gasteiger partial charge in [0.2, 0.25) is 5.91 Å². The van der Waals surface area contributed by atoms with Crippen LogP contribution in [0.3, 0.4) is 0 Å². The van der Waals surface area contributed by atoms with Gasteiger partial charge in [0.15, 0.2) is 0 Å². The van der Waals surface area contributed by atoms with E-state index >= 15 is 0 Å². The molecule has 5 heteroatoms. The molecular weight excluding hydrogens is 324 g/mol. The zero-order valence-electron chi connectivity index (χ0n) is 13.9. The molecule has 0 saturated heterocycles. The van der Waals surface area contributed by atoms with E-state index < -0.39 is 0 Å². The zero-order valence-corrected chi connectivity index (χ0v) is 14.6. The van der Waals surface area contributed by atoms with Crippen LogP contribution < -0.4 is 15.4 Å². The highest BCUT2D eigenvalue weighted by molar-refractivity contribution is 6.32. The molecule has 4 nitrogen and oxygen atoms in total. The molecule has 0 aromatic heterocycles. The summed E-state index contributed by atoms with van der Waals surface area (Å²) in [5, 5.41) is 6.59. The van der Waals surface area contributed by atoms with Crippen LogP contribution in [0.4, 0.5) is 11.4 Å². The fraction of sp³-hybridized carbons (Fsp3) is 0.316. The maximum absolute atomic E-state index is 12.4. The van der Waals surface area contributed by atoms with Crippen LogP contribution in [0.5, 0.6) is 5.75 Å². The second-order valence-corrected chi connectivity index (χ2v) is 6.45. The van der Waals surface area contributed by atoms with Gasteiger partial charge in [-0.25, -0.2) is 0 Å². The Morgan fingerprint density at radius 1 is 1.12 bits per heavy atom. The van der Waals surface area contributed by atoms with E-state index in [0.717, 1.165) is 18.5 Å². The summed E-state index contributed by atoms with van der Waals surface area (Å²) in [4.78, 5) is 12.4. The highest BCUT2D eigenvalue weighted by atomic mass is 35.5. The molecule has 3 rings (SSSR count). The number of methoxy groups -OCH3 is 1. The largest absolute Gasteiger partial charge is 0.495 e. The number of nitrogens with one attached hydrogen (secondary N) is 2. The molecule has 1 atom stereocenters. The van der Waals surface area contributed by atoms with Gasteiger partial charge in [-0.15, -0.1) is 0 Å². The summed E-state index contributed by atoms with van der Waals surface area (Å²) in [5.41, 5.74) is 4.43. The number of fused-ring (bicyclic) bond motifs is 1. The van der Waals surface area contributed by atoms with Gasteiger partial charge in [-0.2, -0.15) is 0 Å². The number of hydrogen-bond acceptors (Lipinski definition) is 3. The van der Waals surface area contributed by atoms with Crippen molar-refractivity contribution in [1.82, 2.24) is 0 Å². The predicted molar refractivity (Wildman–Crippen MR) is 98.2 cm³/mol. The van der Waals surface area contributed by atoms with E-state index in [0.29, 0.717) is 16.5 Å². The van der Waals surface area contributed by atoms with Crippen LogP contribution in [0, 0.1) is 0 Å². The molecule has 126 valence electrons. The van der Waals surface area contributed by atoms with Crippen LogP contribution in [0.1, 0.15) is 24.5 Å². The summed E-state index contributed by atoms with van der Waals surface area (Å²) in [7, 11) is 1.56. The first-order valence-corrected chi connectivity index (χ1v) is 8.47. The summed E-state index contributed by atoms with van der Waals surface area (Å²) in [6.45, 7) is 1.84. The monoisotopic (exact) mass is 344 g/mol. The number of benzene rings is 2. The van der Waals surface area contributed by atoms with Gasteiger partial charge in [-0.1, -0.05) is 17.7 Å². The summed E-state index contributed by atoms with van der Waals surface area (Å²) in [5.74, 6) is 0.468. The van der Waals surface area contributed by atoms with Gasteiger partial charge in [-0.05, 0) is 67.6 Å². The highest BCUT2D eigenvalue weighted by Gasteiger charge is 2.16.